The van der Waals surface area contributed by atoms with E-state index in [2.05, 4.69) is 27.4 Å². The largest absolute Gasteiger partial charge is 0.392 e. The molecule has 0 heterocycles. The highest BCUT2D eigenvalue weighted by Gasteiger charge is 2.65. The summed E-state index contributed by atoms with van der Waals surface area (Å²) in [5.74, 6) is 3.00. The Morgan fingerprint density at radius 3 is 2.68 bits per heavy atom. The fourth-order valence-corrected chi connectivity index (χ4v) is 6.52. The molecule has 1 nitrogen and oxygen atoms in total. The maximum atomic E-state index is 10.7. The van der Waals surface area contributed by atoms with Crippen molar-refractivity contribution in [3.63, 3.8) is 0 Å². The van der Waals surface area contributed by atoms with Crippen molar-refractivity contribution in [2.75, 3.05) is 0 Å². The van der Waals surface area contributed by atoms with E-state index in [4.69, 9.17) is 0 Å². The van der Waals surface area contributed by atoms with Crippen LogP contribution in [0.15, 0.2) is 12.7 Å². The Morgan fingerprint density at radius 1 is 1.26 bits per heavy atom. The molecule has 3 fully saturated rings. The van der Waals surface area contributed by atoms with Gasteiger partial charge in [0.1, 0.15) is 0 Å². The number of hydrogen-bond donors (Lipinski definition) is 1. The number of hydrogen-bond acceptors (Lipinski definition) is 1. The van der Waals surface area contributed by atoms with Crippen LogP contribution in [0, 0.1) is 34.5 Å². The average Bonchev–Trinajstić information content (AvgIpc) is 2.80. The van der Waals surface area contributed by atoms with Crippen molar-refractivity contribution < 1.29 is 5.11 Å². The van der Waals surface area contributed by atoms with E-state index in [0.717, 1.165) is 24.2 Å². The van der Waals surface area contributed by atoms with Gasteiger partial charge in [0.25, 0.3) is 0 Å². The van der Waals surface area contributed by atoms with Gasteiger partial charge in [0.05, 0.1) is 6.10 Å². The van der Waals surface area contributed by atoms with Crippen LogP contribution in [-0.2, 0) is 0 Å². The van der Waals surface area contributed by atoms with Crippen LogP contribution in [0.3, 0.4) is 0 Å². The van der Waals surface area contributed by atoms with E-state index in [9.17, 15) is 5.11 Å². The van der Waals surface area contributed by atoms with Gasteiger partial charge in [0, 0.05) is 0 Å². The topological polar surface area (TPSA) is 20.2 Å². The quantitative estimate of drug-likeness (QED) is 0.747. The van der Waals surface area contributed by atoms with Gasteiger partial charge in [0.15, 0.2) is 0 Å². The molecule has 0 aromatic heterocycles. The van der Waals surface area contributed by atoms with Crippen LogP contribution in [0.1, 0.15) is 59.3 Å². The lowest BCUT2D eigenvalue weighted by Gasteiger charge is -2.44. The molecule has 0 aliphatic heterocycles. The second-order valence-electron chi connectivity index (χ2n) is 8.34. The van der Waals surface area contributed by atoms with Gasteiger partial charge in [-0.1, -0.05) is 33.3 Å². The Bertz CT molecular complexity index is 372. The van der Waals surface area contributed by atoms with E-state index in [1.54, 1.807) is 0 Å². The second kappa shape index (κ2) is 4.35. The molecular weight excluding hydrogens is 232 g/mol. The highest BCUT2D eigenvalue weighted by Crippen LogP contribution is 2.71. The highest BCUT2D eigenvalue weighted by molar-refractivity contribution is 5.14. The lowest BCUT2D eigenvalue weighted by atomic mass is 9.62. The van der Waals surface area contributed by atoms with Crippen LogP contribution in [0.2, 0.25) is 0 Å². The third-order valence-corrected chi connectivity index (χ3v) is 7.04. The molecule has 3 saturated carbocycles. The fourth-order valence-electron chi connectivity index (χ4n) is 6.52. The summed E-state index contributed by atoms with van der Waals surface area (Å²) in [5, 5.41) is 10.7. The summed E-state index contributed by atoms with van der Waals surface area (Å²) in [5.41, 5.74) is 0.871. The number of aliphatic hydroxyl groups is 1. The minimum absolute atomic E-state index is 0.158. The molecule has 3 aliphatic rings. The number of aliphatic hydroxyl groups excluding tert-OH is 1. The van der Waals surface area contributed by atoms with Gasteiger partial charge < -0.3 is 5.11 Å². The van der Waals surface area contributed by atoms with Gasteiger partial charge in [-0.2, -0.15) is 0 Å². The van der Waals surface area contributed by atoms with Gasteiger partial charge in [-0.15, -0.1) is 6.58 Å². The van der Waals surface area contributed by atoms with Crippen molar-refractivity contribution in [3.05, 3.63) is 12.7 Å². The van der Waals surface area contributed by atoms with Crippen molar-refractivity contribution >= 4 is 0 Å². The molecule has 6 atom stereocenters. The van der Waals surface area contributed by atoms with Gasteiger partial charge in [-0.25, -0.2) is 0 Å². The molecule has 0 spiro atoms. The maximum absolute atomic E-state index is 10.7. The fraction of sp³-hybridized carbons (Fsp3) is 0.889. The molecule has 0 saturated heterocycles. The normalized spacial score (nSPS) is 48.8. The Morgan fingerprint density at radius 2 is 2.00 bits per heavy atom. The zero-order chi connectivity index (χ0) is 13.8. The molecule has 19 heavy (non-hydrogen) atoms. The SMILES string of the molecule is C=CC[C@H](O)[C@H]1[C@H]2CC[C@@H]3[C@H]2C(C)(C)CCC[C@]13C. The van der Waals surface area contributed by atoms with Gasteiger partial charge >= 0.3 is 0 Å². The first-order chi connectivity index (χ1) is 8.92. The van der Waals surface area contributed by atoms with E-state index in [-0.39, 0.29) is 6.10 Å². The van der Waals surface area contributed by atoms with Gasteiger partial charge in [-0.05, 0) is 66.6 Å². The zero-order valence-corrected chi connectivity index (χ0v) is 12.9. The molecule has 0 radical (unpaired) electrons. The molecule has 0 unspecified atom stereocenters. The predicted octanol–water partition coefficient (Wildman–Crippen LogP) is 4.41. The van der Waals surface area contributed by atoms with Crippen LogP contribution in [0.4, 0.5) is 0 Å². The zero-order valence-electron chi connectivity index (χ0n) is 12.9. The number of rotatable bonds is 3. The predicted molar refractivity (Wildman–Crippen MR) is 79.8 cm³/mol. The van der Waals surface area contributed by atoms with E-state index in [1.165, 1.54) is 32.1 Å². The third-order valence-electron chi connectivity index (χ3n) is 7.04. The third kappa shape index (κ3) is 1.77. The van der Waals surface area contributed by atoms with Gasteiger partial charge in [-0.3, -0.25) is 0 Å². The van der Waals surface area contributed by atoms with Crippen LogP contribution >= 0.6 is 0 Å². The van der Waals surface area contributed by atoms with Crippen LogP contribution < -0.4 is 0 Å². The Balaban J connectivity index is 1.98. The summed E-state index contributed by atoms with van der Waals surface area (Å²) >= 11 is 0. The Hall–Kier alpha value is -0.300. The Labute approximate surface area is 118 Å². The average molecular weight is 262 g/mol. The monoisotopic (exact) mass is 262 g/mol. The van der Waals surface area contributed by atoms with Crippen LogP contribution in [0.5, 0.6) is 0 Å². The maximum Gasteiger partial charge on any atom is 0.0610 e. The van der Waals surface area contributed by atoms with Crippen LogP contribution in [-0.4, -0.2) is 11.2 Å². The summed E-state index contributed by atoms with van der Waals surface area (Å²) in [6.45, 7) is 11.3. The second-order valence-corrected chi connectivity index (χ2v) is 8.34. The van der Waals surface area contributed by atoms with E-state index in [0.29, 0.717) is 16.7 Å². The lowest BCUT2D eigenvalue weighted by molar-refractivity contribution is -0.0194. The lowest BCUT2D eigenvalue weighted by Crippen LogP contribution is -2.41. The smallest absolute Gasteiger partial charge is 0.0610 e. The molecule has 3 rings (SSSR count). The van der Waals surface area contributed by atoms with Gasteiger partial charge in [0.2, 0.25) is 0 Å². The molecule has 108 valence electrons. The first kappa shape index (κ1) is 13.7. The van der Waals surface area contributed by atoms with Crippen LogP contribution in [0.25, 0.3) is 0 Å². The van der Waals surface area contributed by atoms with Crippen molar-refractivity contribution in [2.45, 2.75) is 65.4 Å². The van der Waals surface area contributed by atoms with Crippen molar-refractivity contribution in [1.29, 1.82) is 0 Å². The van der Waals surface area contributed by atoms with E-state index in [1.807, 2.05) is 6.08 Å². The van der Waals surface area contributed by atoms with Crippen molar-refractivity contribution in [3.8, 4) is 0 Å². The van der Waals surface area contributed by atoms with Crippen molar-refractivity contribution in [2.24, 2.45) is 34.5 Å². The Kier molecular flexibility index (Phi) is 3.13. The first-order valence-electron chi connectivity index (χ1n) is 8.21. The molecule has 0 aromatic carbocycles. The summed E-state index contributed by atoms with van der Waals surface area (Å²) in [6.07, 6.45) is 9.34. The molecule has 4 bridgehead atoms. The first-order valence-corrected chi connectivity index (χ1v) is 8.21. The summed E-state index contributed by atoms with van der Waals surface area (Å²) in [7, 11) is 0. The van der Waals surface area contributed by atoms with Crippen molar-refractivity contribution in [1.82, 2.24) is 0 Å². The molecular formula is C18H30O. The minimum Gasteiger partial charge on any atom is -0.392 e. The van der Waals surface area contributed by atoms with E-state index < -0.39 is 0 Å². The summed E-state index contributed by atoms with van der Waals surface area (Å²) in [6, 6.07) is 0. The standard InChI is InChI=1S/C18H30O/c1-5-7-14(19)16-12-8-9-13-15(12)17(2,3)10-6-11-18(13,16)4/h5,12-16,19H,1,6-11H2,2-4H3/t12-,13+,14-,15-,16+,18-/m0/s1. The highest BCUT2D eigenvalue weighted by atomic mass is 16.3. The molecule has 1 heteroatoms. The minimum atomic E-state index is -0.158. The molecule has 3 aliphatic carbocycles. The summed E-state index contributed by atoms with van der Waals surface area (Å²) < 4.78 is 0. The molecule has 0 aromatic rings. The molecule has 1 N–H and O–H groups in total. The van der Waals surface area contributed by atoms with E-state index >= 15 is 0 Å². The summed E-state index contributed by atoms with van der Waals surface area (Å²) in [4.78, 5) is 0. The molecule has 0 amide bonds.